The summed E-state index contributed by atoms with van der Waals surface area (Å²) in [7, 11) is 0. The van der Waals surface area contributed by atoms with Gasteiger partial charge in [-0.1, -0.05) is 30.3 Å². The Morgan fingerprint density at radius 1 is 1.03 bits per heavy atom. The summed E-state index contributed by atoms with van der Waals surface area (Å²) in [5.41, 5.74) is 3.75. The molecule has 0 spiro atoms. The molecule has 2 aromatic carbocycles. The van der Waals surface area contributed by atoms with E-state index in [-0.39, 0.29) is 19.0 Å². The molecule has 1 aliphatic carbocycles. The summed E-state index contributed by atoms with van der Waals surface area (Å²) < 4.78 is 20.2. The molecule has 0 aliphatic heterocycles. The number of nitrogens with one attached hydrogen (secondary N) is 1. The Bertz CT molecular complexity index is 1050. The highest BCUT2D eigenvalue weighted by Crippen LogP contribution is 2.27. The summed E-state index contributed by atoms with van der Waals surface area (Å²) in [6, 6.07) is 15.4. The molecular weight excluding hydrogens is 385 g/mol. The molecule has 0 saturated heterocycles. The Kier molecular flexibility index (Phi) is 5.88. The fourth-order valence-electron chi connectivity index (χ4n) is 3.60. The molecule has 3 aromatic rings. The average Bonchev–Trinajstić information content (AvgIpc) is 3.17. The van der Waals surface area contributed by atoms with Gasteiger partial charge in [0.2, 0.25) is 0 Å². The molecule has 0 bridgehead atoms. The molecule has 0 unspecified atom stereocenters. The molecule has 1 amide bonds. The number of carbonyl (C=O) groups excluding carboxylic acids is 2. The van der Waals surface area contributed by atoms with Crippen LogP contribution in [0.5, 0.6) is 0 Å². The third-order valence-electron chi connectivity index (χ3n) is 5.10. The maximum atomic E-state index is 13.3. The summed E-state index contributed by atoms with van der Waals surface area (Å²) in [5, 5.41) is 7.10. The number of carbonyl (C=O) groups is 2. The minimum Gasteiger partial charge on any atom is -0.460 e. The molecule has 0 saturated carbocycles. The Morgan fingerprint density at radius 3 is 2.53 bits per heavy atom. The van der Waals surface area contributed by atoms with Crippen LogP contribution >= 0.6 is 0 Å². The number of hydrogen-bond acceptors (Lipinski definition) is 4. The van der Waals surface area contributed by atoms with Gasteiger partial charge in [-0.05, 0) is 55.5 Å². The smallest absolute Gasteiger partial charge is 0.325 e. The first kappa shape index (κ1) is 19.8. The van der Waals surface area contributed by atoms with Crippen molar-refractivity contribution in [3.05, 3.63) is 82.9 Å². The normalized spacial score (nSPS) is 12.8. The molecule has 4 rings (SSSR count). The lowest BCUT2D eigenvalue weighted by atomic mass is 9.95. The lowest BCUT2D eigenvalue weighted by molar-refractivity contribution is -0.143. The van der Waals surface area contributed by atoms with Gasteiger partial charge in [0, 0.05) is 11.3 Å². The zero-order valence-electron chi connectivity index (χ0n) is 16.4. The van der Waals surface area contributed by atoms with Crippen LogP contribution in [0.4, 0.5) is 4.39 Å². The number of aromatic nitrogens is 2. The van der Waals surface area contributed by atoms with Crippen LogP contribution in [0.2, 0.25) is 0 Å². The molecule has 154 valence electrons. The van der Waals surface area contributed by atoms with Crippen LogP contribution in [0.25, 0.3) is 5.69 Å². The first-order chi connectivity index (χ1) is 14.6. The van der Waals surface area contributed by atoms with E-state index in [9.17, 15) is 14.0 Å². The molecule has 7 heteroatoms. The predicted molar refractivity (Wildman–Crippen MR) is 109 cm³/mol. The van der Waals surface area contributed by atoms with Gasteiger partial charge in [0.25, 0.3) is 5.91 Å². The number of esters is 1. The van der Waals surface area contributed by atoms with E-state index in [1.807, 2.05) is 30.3 Å². The highest BCUT2D eigenvalue weighted by atomic mass is 19.1. The lowest BCUT2D eigenvalue weighted by Gasteiger charge is -2.14. The summed E-state index contributed by atoms with van der Waals surface area (Å²) in [5.74, 6) is -1.25. The summed E-state index contributed by atoms with van der Waals surface area (Å²) >= 11 is 0. The topological polar surface area (TPSA) is 73.2 Å². The number of benzene rings is 2. The molecule has 0 fully saturated rings. The van der Waals surface area contributed by atoms with E-state index < -0.39 is 11.9 Å². The van der Waals surface area contributed by atoms with Crippen molar-refractivity contribution in [1.29, 1.82) is 0 Å². The van der Waals surface area contributed by atoms with Crippen LogP contribution in [0.3, 0.4) is 0 Å². The molecule has 1 N–H and O–H groups in total. The van der Waals surface area contributed by atoms with Crippen molar-refractivity contribution in [2.75, 3.05) is 6.54 Å². The Labute approximate surface area is 173 Å². The Hall–Kier alpha value is -3.48. The van der Waals surface area contributed by atoms with E-state index in [4.69, 9.17) is 4.74 Å². The fraction of sp³-hybridized carbons (Fsp3) is 0.261. The number of fused-ring (bicyclic) bond motifs is 1. The van der Waals surface area contributed by atoms with Gasteiger partial charge in [-0.2, -0.15) is 5.10 Å². The maximum Gasteiger partial charge on any atom is 0.325 e. The third kappa shape index (κ3) is 4.40. The standard InChI is InChI=1S/C23H22FN3O3/c24-17-10-12-18(13-11-17)27-20-9-5-4-8-19(20)22(26-27)23(29)25-14-21(28)30-15-16-6-2-1-3-7-16/h1-3,6-7,10-13H,4-5,8-9,14-15H2,(H,25,29). The van der Waals surface area contributed by atoms with Gasteiger partial charge in [-0.25, -0.2) is 9.07 Å². The largest absolute Gasteiger partial charge is 0.460 e. The number of halogens is 1. The van der Waals surface area contributed by atoms with Gasteiger partial charge in [-0.15, -0.1) is 0 Å². The summed E-state index contributed by atoms with van der Waals surface area (Å²) in [4.78, 5) is 24.7. The second-order valence-corrected chi connectivity index (χ2v) is 7.20. The third-order valence-corrected chi connectivity index (χ3v) is 5.10. The first-order valence-corrected chi connectivity index (χ1v) is 9.96. The van der Waals surface area contributed by atoms with E-state index in [0.29, 0.717) is 11.4 Å². The van der Waals surface area contributed by atoms with Gasteiger partial charge < -0.3 is 10.1 Å². The van der Waals surface area contributed by atoms with Gasteiger partial charge in [0.05, 0.1) is 5.69 Å². The Balaban J connectivity index is 1.44. The van der Waals surface area contributed by atoms with Crippen molar-refractivity contribution >= 4 is 11.9 Å². The number of ether oxygens (including phenoxy) is 1. The van der Waals surface area contributed by atoms with Crippen molar-refractivity contribution < 1.29 is 18.7 Å². The average molecular weight is 407 g/mol. The van der Waals surface area contributed by atoms with Crippen molar-refractivity contribution in [2.24, 2.45) is 0 Å². The molecule has 30 heavy (non-hydrogen) atoms. The lowest BCUT2D eigenvalue weighted by Crippen LogP contribution is -2.31. The van der Waals surface area contributed by atoms with Crippen molar-refractivity contribution in [3.8, 4) is 5.69 Å². The second kappa shape index (κ2) is 8.90. The molecule has 6 nitrogen and oxygen atoms in total. The van der Waals surface area contributed by atoms with Crippen LogP contribution in [-0.4, -0.2) is 28.2 Å². The highest BCUT2D eigenvalue weighted by Gasteiger charge is 2.25. The van der Waals surface area contributed by atoms with E-state index in [0.717, 1.165) is 42.5 Å². The van der Waals surface area contributed by atoms with E-state index in [2.05, 4.69) is 10.4 Å². The van der Waals surface area contributed by atoms with Crippen LogP contribution in [0.1, 0.15) is 40.2 Å². The first-order valence-electron chi connectivity index (χ1n) is 9.96. The highest BCUT2D eigenvalue weighted by molar-refractivity contribution is 5.96. The van der Waals surface area contributed by atoms with E-state index >= 15 is 0 Å². The van der Waals surface area contributed by atoms with Gasteiger partial charge in [0.15, 0.2) is 5.69 Å². The van der Waals surface area contributed by atoms with Crippen molar-refractivity contribution in [3.63, 3.8) is 0 Å². The molecule has 1 heterocycles. The SMILES string of the molecule is O=C(CNC(=O)c1nn(-c2ccc(F)cc2)c2c1CCCC2)OCc1ccccc1. The molecule has 1 aromatic heterocycles. The number of hydrogen-bond donors (Lipinski definition) is 1. The zero-order chi connectivity index (χ0) is 20.9. The molecule has 1 aliphatic rings. The minimum atomic E-state index is -0.515. The quantitative estimate of drug-likeness (QED) is 0.636. The molecule has 0 atom stereocenters. The number of nitrogens with zero attached hydrogens (tertiary/aromatic N) is 2. The van der Waals surface area contributed by atoms with Crippen LogP contribution in [0, 0.1) is 5.82 Å². The van der Waals surface area contributed by atoms with Crippen LogP contribution < -0.4 is 5.32 Å². The van der Waals surface area contributed by atoms with Gasteiger partial charge in [0.1, 0.15) is 19.0 Å². The van der Waals surface area contributed by atoms with E-state index in [1.54, 1.807) is 16.8 Å². The summed E-state index contributed by atoms with van der Waals surface area (Å²) in [6.45, 7) is -0.0754. The van der Waals surface area contributed by atoms with Crippen LogP contribution in [0.15, 0.2) is 54.6 Å². The van der Waals surface area contributed by atoms with Gasteiger partial charge >= 0.3 is 5.97 Å². The number of amides is 1. The predicted octanol–water partition coefficient (Wildman–Crippen LogP) is 3.36. The second-order valence-electron chi connectivity index (χ2n) is 7.20. The minimum absolute atomic E-state index is 0.157. The van der Waals surface area contributed by atoms with E-state index in [1.165, 1.54) is 12.1 Å². The maximum absolute atomic E-state index is 13.3. The van der Waals surface area contributed by atoms with Crippen LogP contribution in [-0.2, 0) is 29.0 Å². The van der Waals surface area contributed by atoms with Crippen molar-refractivity contribution in [2.45, 2.75) is 32.3 Å². The van der Waals surface area contributed by atoms with Gasteiger partial charge in [-0.3, -0.25) is 9.59 Å². The monoisotopic (exact) mass is 407 g/mol. The fourth-order valence-corrected chi connectivity index (χ4v) is 3.60. The molecule has 0 radical (unpaired) electrons. The van der Waals surface area contributed by atoms with Crippen molar-refractivity contribution in [1.82, 2.24) is 15.1 Å². The zero-order valence-corrected chi connectivity index (χ0v) is 16.4. The summed E-state index contributed by atoms with van der Waals surface area (Å²) in [6.07, 6.45) is 3.53. The Morgan fingerprint density at radius 2 is 1.77 bits per heavy atom. The molecular formula is C23H22FN3O3. The number of rotatable bonds is 6.